The van der Waals surface area contributed by atoms with E-state index >= 15 is 0 Å². The SMILES string of the molecule is Nc1ccc(C(=O)c2cc(C(=O)O)ccc2C(=O)O)cc1. The van der Waals surface area contributed by atoms with Gasteiger partial charge in [0.1, 0.15) is 0 Å². The Labute approximate surface area is 119 Å². The Morgan fingerprint density at radius 1 is 0.762 bits per heavy atom. The Bertz CT molecular complexity index is 734. The van der Waals surface area contributed by atoms with Gasteiger partial charge >= 0.3 is 11.9 Å². The molecule has 0 spiro atoms. The highest BCUT2D eigenvalue weighted by atomic mass is 16.4. The van der Waals surface area contributed by atoms with E-state index in [1.165, 1.54) is 24.3 Å². The highest BCUT2D eigenvalue weighted by Gasteiger charge is 2.20. The van der Waals surface area contributed by atoms with Gasteiger partial charge in [0, 0.05) is 16.8 Å². The molecule has 6 heteroatoms. The molecule has 0 radical (unpaired) electrons. The van der Waals surface area contributed by atoms with E-state index in [1.807, 2.05) is 0 Å². The van der Waals surface area contributed by atoms with Crippen molar-refractivity contribution in [2.75, 3.05) is 5.73 Å². The summed E-state index contributed by atoms with van der Waals surface area (Å²) in [5.74, 6) is -3.11. The molecule has 0 heterocycles. The summed E-state index contributed by atoms with van der Waals surface area (Å²) < 4.78 is 0. The maximum absolute atomic E-state index is 12.4. The third-order valence-electron chi connectivity index (χ3n) is 2.91. The zero-order valence-corrected chi connectivity index (χ0v) is 10.7. The minimum absolute atomic E-state index is 0.154. The number of anilines is 1. The van der Waals surface area contributed by atoms with Crippen molar-refractivity contribution in [2.45, 2.75) is 0 Å². The van der Waals surface area contributed by atoms with Crippen molar-refractivity contribution in [3.8, 4) is 0 Å². The molecule has 2 aromatic carbocycles. The molecule has 2 rings (SSSR count). The maximum Gasteiger partial charge on any atom is 0.336 e. The van der Waals surface area contributed by atoms with Gasteiger partial charge in [-0.25, -0.2) is 9.59 Å². The molecule has 0 saturated heterocycles. The van der Waals surface area contributed by atoms with Crippen LogP contribution in [0.15, 0.2) is 42.5 Å². The number of benzene rings is 2. The number of aromatic carboxylic acids is 2. The number of rotatable bonds is 4. The van der Waals surface area contributed by atoms with E-state index in [4.69, 9.17) is 15.9 Å². The van der Waals surface area contributed by atoms with Crippen LogP contribution in [0.4, 0.5) is 5.69 Å². The molecule has 0 amide bonds. The lowest BCUT2D eigenvalue weighted by Crippen LogP contribution is -2.11. The molecule has 0 aliphatic rings. The second kappa shape index (κ2) is 5.46. The molecule has 0 unspecified atom stereocenters. The Kier molecular flexibility index (Phi) is 3.71. The van der Waals surface area contributed by atoms with Crippen molar-refractivity contribution < 1.29 is 24.6 Å². The van der Waals surface area contributed by atoms with Gasteiger partial charge in [0.25, 0.3) is 0 Å². The summed E-state index contributed by atoms with van der Waals surface area (Å²) >= 11 is 0. The zero-order chi connectivity index (χ0) is 15.6. The highest BCUT2D eigenvalue weighted by Crippen LogP contribution is 2.18. The third kappa shape index (κ3) is 2.89. The van der Waals surface area contributed by atoms with Gasteiger partial charge in [0.05, 0.1) is 11.1 Å². The van der Waals surface area contributed by atoms with Gasteiger partial charge in [-0.05, 0) is 42.5 Å². The van der Waals surface area contributed by atoms with Crippen molar-refractivity contribution in [2.24, 2.45) is 0 Å². The smallest absolute Gasteiger partial charge is 0.336 e. The number of hydrogen-bond donors (Lipinski definition) is 3. The number of nitrogen functional groups attached to an aromatic ring is 1. The normalized spacial score (nSPS) is 10.1. The summed E-state index contributed by atoms with van der Waals surface area (Å²) in [5, 5.41) is 18.1. The van der Waals surface area contributed by atoms with Gasteiger partial charge in [-0.15, -0.1) is 0 Å². The van der Waals surface area contributed by atoms with Crippen LogP contribution in [0.1, 0.15) is 36.6 Å². The summed E-state index contributed by atoms with van der Waals surface area (Å²) in [6, 6.07) is 9.24. The topological polar surface area (TPSA) is 118 Å². The minimum atomic E-state index is -1.30. The van der Waals surface area contributed by atoms with Crippen LogP contribution in [0.2, 0.25) is 0 Å². The van der Waals surface area contributed by atoms with Crippen molar-refractivity contribution in [1.29, 1.82) is 0 Å². The van der Waals surface area contributed by atoms with Gasteiger partial charge in [0.2, 0.25) is 0 Å². The first-order chi connectivity index (χ1) is 9.90. The van der Waals surface area contributed by atoms with Crippen molar-refractivity contribution in [3.63, 3.8) is 0 Å². The van der Waals surface area contributed by atoms with Crippen LogP contribution in [0.25, 0.3) is 0 Å². The van der Waals surface area contributed by atoms with Gasteiger partial charge in [-0.3, -0.25) is 4.79 Å². The maximum atomic E-state index is 12.4. The lowest BCUT2D eigenvalue weighted by molar-refractivity contribution is 0.0679. The fourth-order valence-electron chi connectivity index (χ4n) is 1.84. The molecule has 2 aromatic rings. The quantitative estimate of drug-likeness (QED) is 0.583. The molecule has 0 fully saturated rings. The van der Waals surface area contributed by atoms with Gasteiger partial charge in [-0.2, -0.15) is 0 Å². The van der Waals surface area contributed by atoms with Crippen LogP contribution in [0.5, 0.6) is 0 Å². The number of hydrogen-bond acceptors (Lipinski definition) is 4. The van der Waals surface area contributed by atoms with Crippen molar-refractivity contribution >= 4 is 23.4 Å². The molecule has 0 aliphatic carbocycles. The lowest BCUT2D eigenvalue weighted by Gasteiger charge is -2.07. The number of carbonyl (C=O) groups is 3. The first-order valence-corrected chi connectivity index (χ1v) is 5.91. The second-order valence-corrected chi connectivity index (χ2v) is 4.32. The van der Waals surface area contributed by atoms with Gasteiger partial charge in [0.15, 0.2) is 5.78 Å². The lowest BCUT2D eigenvalue weighted by atomic mass is 9.96. The number of nitrogens with two attached hydrogens (primary N) is 1. The molecule has 4 N–H and O–H groups in total. The predicted octanol–water partition coefficient (Wildman–Crippen LogP) is 1.90. The van der Waals surface area contributed by atoms with Gasteiger partial charge in [-0.1, -0.05) is 0 Å². The average molecular weight is 285 g/mol. The largest absolute Gasteiger partial charge is 0.478 e. The molecule has 21 heavy (non-hydrogen) atoms. The Hall–Kier alpha value is -3.15. The Morgan fingerprint density at radius 3 is 1.86 bits per heavy atom. The second-order valence-electron chi connectivity index (χ2n) is 4.32. The molecule has 0 saturated carbocycles. The van der Waals surface area contributed by atoms with Crippen LogP contribution in [0.3, 0.4) is 0 Å². The highest BCUT2D eigenvalue weighted by molar-refractivity contribution is 6.15. The molecular weight excluding hydrogens is 274 g/mol. The molecular formula is C15H11NO5. The molecule has 0 aliphatic heterocycles. The van der Waals surface area contributed by atoms with E-state index in [9.17, 15) is 14.4 Å². The molecule has 0 aromatic heterocycles. The summed E-state index contributed by atoms with van der Waals surface area (Å²) in [6.07, 6.45) is 0. The van der Waals surface area contributed by atoms with Crippen LogP contribution in [0, 0.1) is 0 Å². The standard InChI is InChI=1S/C15H11NO5/c16-10-4-1-8(2-5-10)13(17)12-7-9(14(18)19)3-6-11(12)15(20)21/h1-7H,16H2,(H,18,19)(H,20,21). The minimum Gasteiger partial charge on any atom is -0.478 e. The van der Waals surface area contributed by atoms with Crippen molar-refractivity contribution in [3.05, 3.63) is 64.7 Å². The van der Waals surface area contributed by atoms with E-state index < -0.39 is 17.7 Å². The first kappa shape index (κ1) is 14.3. The molecule has 0 bridgehead atoms. The summed E-state index contributed by atoms with van der Waals surface area (Å²) in [4.78, 5) is 34.5. The first-order valence-electron chi connectivity index (χ1n) is 5.91. The fourth-order valence-corrected chi connectivity index (χ4v) is 1.84. The number of carbonyl (C=O) groups excluding carboxylic acids is 1. The van der Waals surface area contributed by atoms with E-state index in [1.54, 1.807) is 0 Å². The molecule has 0 atom stereocenters. The summed E-state index contributed by atoms with van der Waals surface area (Å²) in [5.41, 5.74) is 5.64. The van der Waals surface area contributed by atoms with E-state index in [0.29, 0.717) is 5.69 Å². The fraction of sp³-hybridized carbons (Fsp3) is 0. The van der Waals surface area contributed by atoms with E-state index in [0.717, 1.165) is 18.2 Å². The molecule has 106 valence electrons. The Balaban J connectivity index is 2.56. The van der Waals surface area contributed by atoms with Crippen LogP contribution in [-0.2, 0) is 0 Å². The third-order valence-corrected chi connectivity index (χ3v) is 2.91. The molecule has 6 nitrogen and oxygen atoms in total. The Morgan fingerprint density at radius 2 is 1.33 bits per heavy atom. The predicted molar refractivity (Wildman–Crippen MR) is 74.6 cm³/mol. The number of carboxylic acids is 2. The monoisotopic (exact) mass is 285 g/mol. The zero-order valence-electron chi connectivity index (χ0n) is 10.7. The summed E-state index contributed by atoms with van der Waals surface area (Å²) in [6.45, 7) is 0. The van der Waals surface area contributed by atoms with Crippen LogP contribution < -0.4 is 5.73 Å². The van der Waals surface area contributed by atoms with E-state index in [2.05, 4.69) is 0 Å². The summed E-state index contributed by atoms with van der Waals surface area (Å²) in [7, 11) is 0. The van der Waals surface area contributed by atoms with E-state index in [-0.39, 0.29) is 22.3 Å². The average Bonchev–Trinajstić information content (AvgIpc) is 2.46. The number of ketones is 1. The van der Waals surface area contributed by atoms with Crippen LogP contribution >= 0.6 is 0 Å². The van der Waals surface area contributed by atoms with Gasteiger partial charge < -0.3 is 15.9 Å². The number of carboxylic acid groups (broad SMARTS) is 2. The van der Waals surface area contributed by atoms with Crippen LogP contribution in [-0.4, -0.2) is 27.9 Å². The van der Waals surface area contributed by atoms with Crippen molar-refractivity contribution in [1.82, 2.24) is 0 Å².